The summed E-state index contributed by atoms with van der Waals surface area (Å²) in [5, 5.41) is 11.8. The molecular weight excluding hydrogens is 239 g/mol. The predicted octanol–water partition coefficient (Wildman–Crippen LogP) is 1.55. The Bertz CT molecular complexity index is 456. The summed E-state index contributed by atoms with van der Waals surface area (Å²) in [7, 11) is -0.888. The molecule has 0 saturated heterocycles. The third-order valence-electron chi connectivity index (χ3n) is 2.49. The van der Waals surface area contributed by atoms with Crippen LogP contribution in [0.2, 0.25) is 0 Å². The Morgan fingerprint density at radius 3 is 2.88 bits per heavy atom. The summed E-state index contributed by atoms with van der Waals surface area (Å²) < 4.78 is 24.5. The standard InChI is InChI=1S/C12H15FN2OS/c1-9(17(2)16)7-15-8-11-5-10(6-14)3-4-12(11)13/h3-5,9,15H,7-8H2,1-2H3. The minimum absolute atomic E-state index is 0.0252. The molecule has 1 aromatic rings. The van der Waals surface area contributed by atoms with Crippen LogP contribution < -0.4 is 5.32 Å². The van der Waals surface area contributed by atoms with Gasteiger partial charge in [-0.25, -0.2) is 4.39 Å². The minimum Gasteiger partial charge on any atom is -0.311 e. The van der Waals surface area contributed by atoms with Crippen molar-refractivity contribution in [3.63, 3.8) is 0 Å². The molecule has 17 heavy (non-hydrogen) atoms. The van der Waals surface area contributed by atoms with E-state index in [0.717, 1.165) is 0 Å². The largest absolute Gasteiger partial charge is 0.311 e. The van der Waals surface area contributed by atoms with E-state index in [-0.39, 0.29) is 11.1 Å². The van der Waals surface area contributed by atoms with Gasteiger partial charge in [0.25, 0.3) is 0 Å². The first kappa shape index (κ1) is 13.8. The number of nitrogens with one attached hydrogen (secondary N) is 1. The number of halogens is 1. The van der Waals surface area contributed by atoms with Crippen LogP contribution >= 0.6 is 0 Å². The highest BCUT2D eigenvalue weighted by Crippen LogP contribution is 2.09. The second-order valence-corrected chi connectivity index (χ2v) is 5.66. The summed E-state index contributed by atoms with van der Waals surface area (Å²) in [6.45, 7) is 2.76. The summed E-state index contributed by atoms with van der Waals surface area (Å²) in [5.74, 6) is -0.332. The molecule has 0 bridgehead atoms. The third kappa shape index (κ3) is 4.25. The van der Waals surface area contributed by atoms with Crippen molar-refractivity contribution in [2.45, 2.75) is 18.7 Å². The number of nitrogens with zero attached hydrogens (tertiary/aromatic N) is 1. The fourth-order valence-electron chi connectivity index (χ4n) is 1.31. The van der Waals surface area contributed by atoms with Crippen molar-refractivity contribution in [3.05, 3.63) is 35.1 Å². The molecule has 0 amide bonds. The Morgan fingerprint density at radius 2 is 2.29 bits per heavy atom. The zero-order chi connectivity index (χ0) is 12.8. The van der Waals surface area contributed by atoms with Crippen LogP contribution in [0, 0.1) is 17.1 Å². The van der Waals surface area contributed by atoms with Gasteiger partial charge in [-0.1, -0.05) is 0 Å². The monoisotopic (exact) mass is 254 g/mol. The zero-order valence-electron chi connectivity index (χ0n) is 9.87. The van der Waals surface area contributed by atoms with Gasteiger partial charge in [0.05, 0.1) is 11.6 Å². The van der Waals surface area contributed by atoms with Gasteiger partial charge >= 0.3 is 0 Å². The van der Waals surface area contributed by atoms with Gasteiger partial charge in [0.1, 0.15) is 5.82 Å². The van der Waals surface area contributed by atoms with Crippen LogP contribution in [0.25, 0.3) is 0 Å². The van der Waals surface area contributed by atoms with E-state index in [9.17, 15) is 8.60 Å². The van der Waals surface area contributed by atoms with E-state index in [1.54, 1.807) is 6.26 Å². The van der Waals surface area contributed by atoms with Crippen LogP contribution in [0.3, 0.4) is 0 Å². The van der Waals surface area contributed by atoms with Crippen LogP contribution in [-0.4, -0.2) is 22.3 Å². The molecule has 1 aromatic carbocycles. The molecule has 0 aliphatic rings. The van der Waals surface area contributed by atoms with E-state index in [1.165, 1.54) is 18.2 Å². The molecule has 5 heteroatoms. The molecule has 2 atom stereocenters. The highest BCUT2D eigenvalue weighted by Gasteiger charge is 2.07. The second-order valence-electron chi connectivity index (χ2n) is 3.86. The summed E-state index contributed by atoms with van der Waals surface area (Å²) >= 11 is 0. The lowest BCUT2D eigenvalue weighted by atomic mass is 10.1. The lowest BCUT2D eigenvalue weighted by molar-refractivity contribution is 0.585. The van der Waals surface area contributed by atoms with E-state index in [4.69, 9.17) is 5.26 Å². The van der Waals surface area contributed by atoms with Gasteiger partial charge < -0.3 is 5.32 Å². The van der Waals surface area contributed by atoms with Crippen LogP contribution in [0.1, 0.15) is 18.1 Å². The summed E-state index contributed by atoms with van der Waals surface area (Å²) in [4.78, 5) is 0. The molecule has 0 saturated carbocycles. The molecule has 0 radical (unpaired) electrons. The zero-order valence-corrected chi connectivity index (χ0v) is 10.7. The van der Waals surface area contributed by atoms with Crippen molar-refractivity contribution in [1.82, 2.24) is 5.32 Å². The Hall–Kier alpha value is -1.25. The first-order valence-electron chi connectivity index (χ1n) is 5.26. The van der Waals surface area contributed by atoms with Gasteiger partial charge in [0.2, 0.25) is 0 Å². The molecular formula is C12H15FN2OS. The summed E-state index contributed by atoms with van der Waals surface area (Å²) in [5.41, 5.74) is 0.897. The van der Waals surface area contributed by atoms with E-state index >= 15 is 0 Å². The summed E-state index contributed by atoms with van der Waals surface area (Å²) in [6, 6.07) is 6.23. The average Bonchev–Trinajstić information content (AvgIpc) is 2.31. The fraction of sp³-hybridized carbons (Fsp3) is 0.417. The van der Waals surface area contributed by atoms with Crippen molar-refractivity contribution in [2.75, 3.05) is 12.8 Å². The molecule has 3 nitrogen and oxygen atoms in total. The molecule has 1 N–H and O–H groups in total. The third-order valence-corrected chi connectivity index (χ3v) is 3.79. The van der Waals surface area contributed by atoms with E-state index in [2.05, 4.69) is 5.32 Å². The molecule has 2 unspecified atom stereocenters. The Labute approximate surface area is 103 Å². The maximum atomic E-state index is 13.4. The number of rotatable bonds is 5. The molecule has 0 heterocycles. The molecule has 0 aliphatic heterocycles. The van der Waals surface area contributed by atoms with Crippen molar-refractivity contribution in [3.8, 4) is 6.07 Å². The highest BCUT2D eigenvalue weighted by molar-refractivity contribution is 7.84. The Balaban J connectivity index is 2.58. The van der Waals surface area contributed by atoms with Crippen molar-refractivity contribution < 1.29 is 8.60 Å². The van der Waals surface area contributed by atoms with Gasteiger partial charge in [-0.2, -0.15) is 5.26 Å². The molecule has 92 valence electrons. The second kappa shape index (κ2) is 6.48. The topological polar surface area (TPSA) is 52.9 Å². The maximum Gasteiger partial charge on any atom is 0.127 e. The van der Waals surface area contributed by atoms with Crippen molar-refractivity contribution in [2.24, 2.45) is 0 Å². The predicted molar refractivity (Wildman–Crippen MR) is 66.4 cm³/mol. The SMILES string of the molecule is CC(CNCc1cc(C#N)ccc1F)S(C)=O. The van der Waals surface area contributed by atoms with E-state index in [1.807, 2.05) is 13.0 Å². The van der Waals surface area contributed by atoms with Crippen molar-refractivity contribution in [1.29, 1.82) is 5.26 Å². The first-order chi connectivity index (χ1) is 8.04. The molecule has 0 spiro atoms. The van der Waals surface area contributed by atoms with Gasteiger partial charge in [-0.05, 0) is 25.1 Å². The number of nitriles is 1. The van der Waals surface area contributed by atoms with Gasteiger partial charge in [-0.3, -0.25) is 4.21 Å². The lowest BCUT2D eigenvalue weighted by Gasteiger charge is -2.10. The van der Waals surface area contributed by atoms with Crippen LogP contribution in [0.5, 0.6) is 0 Å². The van der Waals surface area contributed by atoms with Gasteiger partial charge in [0.15, 0.2) is 0 Å². The highest BCUT2D eigenvalue weighted by atomic mass is 32.2. The van der Waals surface area contributed by atoms with Crippen molar-refractivity contribution >= 4 is 10.8 Å². The van der Waals surface area contributed by atoms with Gasteiger partial charge in [0, 0.05) is 41.0 Å². The number of benzene rings is 1. The Kier molecular flexibility index (Phi) is 5.26. The normalized spacial score (nSPS) is 14.0. The average molecular weight is 254 g/mol. The minimum atomic E-state index is -0.888. The Morgan fingerprint density at radius 1 is 1.59 bits per heavy atom. The maximum absolute atomic E-state index is 13.4. The quantitative estimate of drug-likeness (QED) is 0.867. The molecule has 0 fully saturated rings. The van der Waals surface area contributed by atoms with E-state index < -0.39 is 10.8 Å². The van der Waals surface area contributed by atoms with E-state index in [0.29, 0.717) is 24.2 Å². The van der Waals surface area contributed by atoms with Gasteiger partial charge in [-0.15, -0.1) is 0 Å². The molecule has 0 aromatic heterocycles. The lowest BCUT2D eigenvalue weighted by Crippen LogP contribution is -2.27. The first-order valence-corrected chi connectivity index (χ1v) is 6.88. The molecule has 1 rings (SSSR count). The summed E-state index contributed by atoms with van der Waals surface area (Å²) in [6.07, 6.45) is 1.64. The molecule has 0 aliphatic carbocycles. The smallest absolute Gasteiger partial charge is 0.127 e. The number of hydrogen-bond donors (Lipinski definition) is 1. The van der Waals surface area contributed by atoms with Crippen LogP contribution in [-0.2, 0) is 17.3 Å². The van der Waals surface area contributed by atoms with Crippen LogP contribution in [0.4, 0.5) is 4.39 Å². The number of hydrogen-bond acceptors (Lipinski definition) is 3. The fourth-order valence-corrected chi connectivity index (χ4v) is 1.66. The van der Waals surface area contributed by atoms with Crippen LogP contribution in [0.15, 0.2) is 18.2 Å².